The number of benzene rings is 1. The molecule has 1 unspecified atom stereocenters. The minimum atomic E-state index is -1.00. The van der Waals surface area contributed by atoms with Crippen LogP contribution < -0.4 is 5.73 Å². The second-order valence-corrected chi connectivity index (χ2v) is 8.29. The molecule has 27 heavy (non-hydrogen) atoms. The van der Waals surface area contributed by atoms with Gasteiger partial charge < -0.3 is 10.5 Å². The molecule has 1 aromatic rings. The lowest BCUT2D eigenvalue weighted by Gasteiger charge is -2.45. The second kappa shape index (κ2) is 6.07. The molecule has 4 rings (SSSR count). The number of methoxy groups -OCH3 is 1. The molecule has 1 aromatic carbocycles. The SMILES string of the molecule is [C-]#[N+]c1ccc2c(c1)C1(N=C(N)N(C(C)C)C1=O)C1(CCC(OC)CC1)C2. The molecule has 2 aliphatic carbocycles. The van der Waals surface area contributed by atoms with Crippen LogP contribution in [-0.4, -0.2) is 36.0 Å². The highest BCUT2D eigenvalue weighted by Gasteiger charge is 2.66. The zero-order chi connectivity index (χ0) is 19.4. The Hall–Kier alpha value is -2.39. The fraction of sp³-hybridized carbons (Fsp3) is 0.571. The number of fused-ring (bicyclic) bond motifs is 3. The van der Waals surface area contributed by atoms with Crippen molar-refractivity contribution in [3.63, 3.8) is 0 Å². The monoisotopic (exact) mass is 366 g/mol. The molecule has 1 fully saturated rings. The molecule has 6 nitrogen and oxygen atoms in total. The number of carbonyl (C=O) groups is 1. The van der Waals surface area contributed by atoms with Gasteiger partial charge in [-0.25, -0.2) is 9.84 Å². The van der Waals surface area contributed by atoms with E-state index in [1.54, 1.807) is 12.0 Å². The van der Waals surface area contributed by atoms with E-state index < -0.39 is 5.54 Å². The third kappa shape index (κ3) is 2.28. The number of ether oxygens (including phenoxy) is 1. The summed E-state index contributed by atoms with van der Waals surface area (Å²) >= 11 is 0. The Labute approximate surface area is 160 Å². The first-order chi connectivity index (χ1) is 12.9. The minimum Gasteiger partial charge on any atom is -0.381 e. The topological polar surface area (TPSA) is 72.3 Å². The van der Waals surface area contributed by atoms with Gasteiger partial charge >= 0.3 is 0 Å². The molecule has 1 aliphatic heterocycles. The van der Waals surface area contributed by atoms with Gasteiger partial charge in [0.15, 0.2) is 17.2 Å². The van der Waals surface area contributed by atoms with Crippen molar-refractivity contribution in [2.45, 2.75) is 63.6 Å². The Balaban J connectivity index is 1.90. The lowest BCUT2D eigenvalue weighted by atomic mass is 9.61. The third-order valence-electron chi connectivity index (χ3n) is 6.71. The van der Waals surface area contributed by atoms with E-state index in [0.29, 0.717) is 11.6 Å². The molecule has 1 saturated carbocycles. The zero-order valence-electron chi connectivity index (χ0n) is 16.2. The van der Waals surface area contributed by atoms with Crippen molar-refractivity contribution in [2.24, 2.45) is 16.1 Å². The molecular formula is C21H26N4O2. The number of hydrogen-bond acceptors (Lipinski definition) is 4. The summed E-state index contributed by atoms with van der Waals surface area (Å²) in [6, 6.07) is 5.64. The fourth-order valence-corrected chi connectivity index (χ4v) is 5.39. The van der Waals surface area contributed by atoms with Gasteiger partial charge in [0.2, 0.25) is 0 Å². The average molecular weight is 366 g/mol. The Morgan fingerprint density at radius 1 is 1.37 bits per heavy atom. The van der Waals surface area contributed by atoms with Gasteiger partial charge in [-0.2, -0.15) is 0 Å². The van der Waals surface area contributed by atoms with E-state index in [2.05, 4.69) is 4.85 Å². The van der Waals surface area contributed by atoms with Crippen LogP contribution in [0.4, 0.5) is 5.69 Å². The Morgan fingerprint density at radius 2 is 2.07 bits per heavy atom. The highest BCUT2D eigenvalue weighted by Crippen LogP contribution is 2.62. The minimum absolute atomic E-state index is 0.0354. The maximum absolute atomic E-state index is 13.8. The van der Waals surface area contributed by atoms with Gasteiger partial charge in [-0.3, -0.25) is 9.69 Å². The van der Waals surface area contributed by atoms with E-state index in [-0.39, 0.29) is 23.5 Å². The number of aliphatic imine (C=N–C) groups is 1. The lowest BCUT2D eigenvalue weighted by Crippen LogP contribution is -2.53. The first kappa shape index (κ1) is 18.0. The van der Waals surface area contributed by atoms with E-state index in [9.17, 15) is 4.79 Å². The quantitative estimate of drug-likeness (QED) is 0.818. The fourth-order valence-electron chi connectivity index (χ4n) is 5.39. The van der Waals surface area contributed by atoms with Crippen LogP contribution in [0.3, 0.4) is 0 Å². The number of carbonyl (C=O) groups excluding carboxylic acids is 1. The molecule has 2 spiro atoms. The molecule has 2 N–H and O–H groups in total. The van der Waals surface area contributed by atoms with Crippen molar-refractivity contribution < 1.29 is 9.53 Å². The molecule has 0 saturated heterocycles. The average Bonchev–Trinajstić information content (AvgIpc) is 3.08. The normalized spacial score (nSPS) is 32.3. The zero-order valence-corrected chi connectivity index (χ0v) is 16.2. The van der Waals surface area contributed by atoms with Crippen LogP contribution in [0.2, 0.25) is 0 Å². The van der Waals surface area contributed by atoms with Crippen LogP contribution in [0.25, 0.3) is 4.85 Å². The first-order valence-corrected chi connectivity index (χ1v) is 9.61. The lowest BCUT2D eigenvalue weighted by molar-refractivity contribution is -0.139. The van der Waals surface area contributed by atoms with E-state index in [1.807, 2.05) is 32.0 Å². The van der Waals surface area contributed by atoms with Crippen LogP contribution >= 0.6 is 0 Å². The summed E-state index contributed by atoms with van der Waals surface area (Å²) < 4.78 is 5.57. The van der Waals surface area contributed by atoms with Gasteiger partial charge in [0.25, 0.3) is 5.91 Å². The van der Waals surface area contributed by atoms with E-state index in [1.165, 1.54) is 0 Å². The third-order valence-corrected chi connectivity index (χ3v) is 6.71. The van der Waals surface area contributed by atoms with Crippen LogP contribution in [0, 0.1) is 12.0 Å². The second-order valence-electron chi connectivity index (χ2n) is 8.29. The van der Waals surface area contributed by atoms with Crippen LogP contribution in [0.5, 0.6) is 0 Å². The molecule has 3 aliphatic rings. The predicted octanol–water partition coefficient (Wildman–Crippen LogP) is 3.13. The number of hydrogen-bond donors (Lipinski definition) is 1. The molecular weight excluding hydrogens is 340 g/mol. The summed E-state index contributed by atoms with van der Waals surface area (Å²) in [6.45, 7) is 11.3. The number of guanidine groups is 1. The van der Waals surface area contributed by atoms with Crippen LogP contribution in [-0.2, 0) is 21.5 Å². The van der Waals surface area contributed by atoms with Crippen molar-refractivity contribution in [3.05, 3.63) is 40.7 Å². The van der Waals surface area contributed by atoms with Crippen LogP contribution in [0.15, 0.2) is 23.2 Å². The van der Waals surface area contributed by atoms with E-state index in [4.69, 9.17) is 22.0 Å². The number of amides is 1. The standard InChI is InChI=1S/C21H26N4O2/c1-13(2)25-18(26)21(24-19(25)22)17-11-15(23-3)6-5-14(17)12-20(21)9-7-16(27-4)8-10-20/h5-6,11,13,16H,7-10,12H2,1-2,4H3,(H2,22,24). The molecule has 0 bridgehead atoms. The molecule has 1 atom stereocenters. The summed E-state index contributed by atoms with van der Waals surface area (Å²) in [6.07, 6.45) is 4.57. The first-order valence-electron chi connectivity index (χ1n) is 9.61. The van der Waals surface area contributed by atoms with Crippen molar-refractivity contribution in [1.29, 1.82) is 0 Å². The molecule has 142 valence electrons. The van der Waals surface area contributed by atoms with Gasteiger partial charge in [0.05, 0.1) is 12.7 Å². The van der Waals surface area contributed by atoms with E-state index >= 15 is 0 Å². The highest BCUT2D eigenvalue weighted by molar-refractivity contribution is 6.08. The maximum Gasteiger partial charge on any atom is 0.262 e. The van der Waals surface area contributed by atoms with E-state index in [0.717, 1.165) is 43.2 Å². The number of nitrogens with zero attached hydrogens (tertiary/aromatic N) is 3. The van der Waals surface area contributed by atoms with Gasteiger partial charge in [-0.05, 0) is 57.1 Å². The predicted molar refractivity (Wildman–Crippen MR) is 103 cm³/mol. The molecule has 6 heteroatoms. The summed E-state index contributed by atoms with van der Waals surface area (Å²) in [5.41, 5.74) is 7.51. The number of nitrogens with two attached hydrogens (primary N) is 1. The van der Waals surface area contributed by atoms with Crippen LogP contribution in [0.1, 0.15) is 50.7 Å². The molecule has 0 radical (unpaired) electrons. The molecule has 1 amide bonds. The Kier molecular flexibility index (Phi) is 4.04. The van der Waals surface area contributed by atoms with Crippen molar-refractivity contribution >= 4 is 17.6 Å². The molecule has 1 heterocycles. The molecule has 0 aromatic heterocycles. The summed E-state index contributed by atoms with van der Waals surface area (Å²) in [5.74, 6) is 0.260. The van der Waals surface area contributed by atoms with Gasteiger partial charge in [-0.1, -0.05) is 18.2 Å². The van der Waals surface area contributed by atoms with Gasteiger partial charge in [0.1, 0.15) is 0 Å². The smallest absolute Gasteiger partial charge is 0.262 e. The highest BCUT2D eigenvalue weighted by atomic mass is 16.5. The largest absolute Gasteiger partial charge is 0.381 e. The van der Waals surface area contributed by atoms with Gasteiger partial charge in [0, 0.05) is 18.6 Å². The van der Waals surface area contributed by atoms with Crippen molar-refractivity contribution in [3.8, 4) is 0 Å². The summed E-state index contributed by atoms with van der Waals surface area (Å²) in [7, 11) is 1.75. The summed E-state index contributed by atoms with van der Waals surface area (Å²) in [5, 5.41) is 0. The van der Waals surface area contributed by atoms with Crippen molar-refractivity contribution in [1.82, 2.24) is 4.90 Å². The van der Waals surface area contributed by atoms with Gasteiger partial charge in [-0.15, -0.1) is 0 Å². The number of rotatable bonds is 2. The van der Waals surface area contributed by atoms with Crippen molar-refractivity contribution in [2.75, 3.05) is 7.11 Å². The Bertz CT molecular complexity index is 861. The Morgan fingerprint density at radius 3 is 2.63 bits per heavy atom. The maximum atomic E-state index is 13.8. The summed E-state index contributed by atoms with van der Waals surface area (Å²) in [4.78, 5) is 23.9.